The molecule has 1 aliphatic heterocycles. The first-order valence-corrected chi connectivity index (χ1v) is 10.3. The first-order chi connectivity index (χ1) is 13.1. The van der Waals surface area contributed by atoms with Gasteiger partial charge in [-0.05, 0) is 36.2 Å². The largest absolute Gasteiger partial charge is 0.348 e. The van der Waals surface area contributed by atoms with Crippen molar-refractivity contribution in [1.82, 2.24) is 9.80 Å². The number of hydrogen-bond acceptors (Lipinski definition) is 4. The Balaban J connectivity index is 1.77. The Hall–Kier alpha value is -2.71. The van der Waals surface area contributed by atoms with Gasteiger partial charge in [0.15, 0.2) is 0 Å². The lowest BCUT2D eigenvalue weighted by atomic mass is 9.73. The van der Waals surface area contributed by atoms with Gasteiger partial charge in [-0.15, -0.1) is 0 Å². The fraction of sp³-hybridized carbons (Fsp3) is 0.300. The van der Waals surface area contributed by atoms with Gasteiger partial charge in [-0.1, -0.05) is 30.3 Å². The van der Waals surface area contributed by atoms with Gasteiger partial charge >= 0.3 is 0 Å². The summed E-state index contributed by atoms with van der Waals surface area (Å²) in [5.74, 6) is -0.249. The average Bonchev–Trinajstić information content (AvgIpc) is 2.63. The minimum atomic E-state index is -3.81. The lowest BCUT2D eigenvalue weighted by Crippen LogP contribution is -2.65. The van der Waals surface area contributed by atoms with Crippen LogP contribution in [0, 0.1) is 5.41 Å². The first-order valence-electron chi connectivity index (χ1n) is 8.80. The summed E-state index contributed by atoms with van der Waals surface area (Å²) in [5, 5.41) is 5.09. The second-order valence-corrected chi connectivity index (χ2v) is 8.93. The van der Waals surface area contributed by atoms with Crippen LogP contribution < -0.4 is 5.14 Å². The van der Waals surface area contributed by atoms with Gasteiger partial charge in [-0.2, -0.15) is 0 Å². The number of nitrogens with two attached hydrogens (primary N) is 1. The Morgan fingerprint density at radius 1 is 1.04 bits per heavy atom. The zero-order valence-corrected chi connectivity index (χ0v) is 16.6. The molecule has 2 N–H and O–H groups in total. The Morgan fingerprint density at radius 3 is 2.11 bits per heavy atom. The predicted octanol–water partition coefficient (Wildman–Crippen LogP) is 1.11. The van der Waals surface area contributed by atoms with Gasteiger partial charge < -0.3 is 9.80 Å². The summed E-state index contributed by atoms with van der Waals surface area (Å²) in [7, 11) is -0.378. The minimum Gasteiger partial charge on any atom is -0.348 e. The van der Waals surface area contributed by atoms with Crippen LogP contribution in [0.2, 0.25) is 0 Å². The molecule has 0 aromatic heterocycles. The number of carbonyl (C=O) groups excluding carboxylic acids is 2. The van der Waals surface area contributed by atoms with E-state index in [2.05, 4.69) is 0 Å². The summed E-state index contributed by atoms with van der Waals surface area (Å²) in [5.41, 5.74) is 0.751. The maximum Gasteiger partial charge on any atom is 0.253 e. The monoisotopic (exact) mass is 401 g/mol. The van der Waals surface area contributed by atoms with Crippen molar-refractivity contribution in [3.05, 3.63) is 65.7 Å². The molecule has 0 bridgehead atoms. The number of sulfonamides is 1. The van der Waals surface area contributed by atoms with Crippen LogP contribution in [0.3, 0.4) is 0 Å². The third-order valence-corrected chi connectivity index (χ3v) is 5.88. The quantitative estimate of drug-likeness (QED) is 0.811. The van der Waals surface area contributed by atoms with Crippen molar-refractivity contribution in [2.75, 3.05) is 27.2 Å². The van der Waals surface area contributed by atoms with Crippen LogP contribution in [-0.2, 0) is 21.2 Å². The molecule has 0 saturated carbocycles. The summed E-state index contributed by atoms with van der Waals surface area (Å²) < 4.78 is 22.7. The topological polar surface area (TPSA) is 101 Å². The Morgan fingerprint density at radius 2 is 1.61 bits per heavy atom. The number of rotatable bonds is 5. The normalized spacial score (nSPS) is 15.6. The standard InChI is InChI=1S/C20H23N3O4S/c1-22(2)19(25)20(12-15-6-4-3-5-7-15)13-23(14-20)18(24)16-8-10-17(11-9-16)28(21,26)27/h3-11H,12-14H2,1-2H3,(H2,21,26,27). The fourth-order valence-electron chi connectivity index (χ4n) is 3.58. The number of nitrogens with zero attached hydrogens (tertiary/aromatic N) is 2. The molecular weight excluding hydrogens is 378 g/mol. The molecule has 2 aromatic rings. The molecule has 1 fully saturated rings. The second kappa shape index (κ2) is 7.37. The zero-order valence-electron chi connectivity index (χ0n) is 15.8. The molecule has 1 aliphatic rings. The highest BCUT2D eigenvalue weighted by Crippen LogP contribution is 2.37. The molecule has 0 aliphatic carbocycles. The van der Waals surface area contributed by atoms with Crippen LogP contribution in [-0.4, -0.2) is 57.2 Å². The first kappa shape index (κ1) is 20.0. The third kappa shape index (κ3) is 3.93. The van der Waals surface area contributed by atoms with Crippen molar-refractivity contribution in [3.63, 3.8) is 0 Å². The Bertz CT molecular complexity index is 980. The van der Waals surface area contributed by atoms with E-state index in [0.29, 0.717) is 25.1 Å². The van der Waals surface area contributed by atoms with Crippen molar-refractivity contribution in [2.45, 2.75) is 11.3 Å². The summed E-state index contributed by atoms with van der Waals surface area (Å²) >= 11 is 0. The number of hydrogen-bond donors (Lipinski definition) is 1. The van der Waals surface area contributed by atoms with Gasteiger partial charge in [-0.25, -0.2) is 13.6 Å². The number of likely N-dealkylation sites (tertiary alicyclic amines) is 1. The van der Waals surface area contributed by atoms with Gasteiger partial charge in [0.1, 0.15) is 0 Å². The summed E-state index contributed by atoms with van der Waals surface area (Å²) in [4.78, 5) is 28.7. The second-order valence-electron chi connectivity index (χ2n) is 7.37. The molecule has 0 radical (unpaired) electrons. The van der Waals surface area contributed by atoms with Gasteiger partial charge in [0.25, 0.3) is 5.91 Å². The van der Waals surface area contributed by atoms with Gasteiger partial charge in [0.05, 0.1) is 10.3 Å². The van der Waals surface area contributed by atoms with E-state index in [4.69, 9.17) is 5.14 Å². The van der Waals surface area contributed by atoms with E-state index < -0.39 is 15.4 Å². The number of amides is 2. The molecule has 0 spiro atoms. The Kier molecular flexibility index (Phi) is 5.27. The molecule has 1 heterocycles. The van der Waals surface area contributed by atoms with Gasteiger partial charge in [0, 0.05) is 32.7 Å². The average molecular weight is 401 g/mol. The SMILES string of the molecule is CN(C)C(=O)C1(Cc2ccccc2)CN(C(=O)c2ccc(S(N)(=O)=O)cc2)C1. The molecule has 2 aromatic carbocycles. The van der Waals surface area contributed by atoms with Crippen LogP contribution in [0.5, 0.6) is 0 Å². The lowest BCUT2D eigenvalue weighted by molar-refractivity contribution is -0.148. The number of primary sulfonamides is 1. The van der Waals surface area contributed by atoms with Crippen molar-refractivity contribution in [3.8, 4) is 0 Å². The van der Waals surface area contributed by atoms with E-state index in [1.165, 1.54) is 24.3 Å². The van der Waals surface area contributed by atoms with Gasteiger partial charge in [-0.3, -0.25) is 9.59 Å². The molecule has 3 rings (SSSR count). The van der Waals surface area contributed by atoms with Gasteiger partial charge in [0.2, 0.25) is 15.9 Å². The molecule has 7 nitrogen and oxygen atoms in total. The van der Waals surface area contributed by atoms with Crippen LogP contribution in [0.25, 0.3) is 0 Å². The summed E-state index contributed by atoms with van der Waals surface area (Å²) in [6.45, 7) is 0.628. The maximum absolute atomic E-state index is 12.8. The van der Waals surface area contributed by atoms with E-state index in [1.54, 1.807) is 23.9 Å². The summed E-state index contributed by atoms with van der Waals surface area (Å²) in [6, 6.07) is 15.2. The molecular formula is C20H23N3O4S. The minimum absolute atomic E-state index is 0.00928. The highest BCUT2D eigenvalue weighted by atomic mass is 32.2. The predicted molar refractivity (Wildman–Crippen MR) is 105 cm³/mol. The smallest absolute Gasteiger partial charge is 0.253 e. The van der Waals surface area contributed by atoms with Crippen LogP contribution in [0.1, 0.15) is 15.9 Å². The van der Waals surface area contributed by atoms with E-state index in [-0.39, 0.29) is 16.7 Å². The highest BCUT2D eigenvalue weighted by molar-refractivity contribution is 7.89. The molecule has 28 heavy (non-hydrogen) atoms. The summed E-state index contributed by atoms with van der Waals surface area (Å²) in [6.07, 6.45) is 0.555. The maximum atomic E-state index is 12.8. The molecule has 1 saturated heterocycles. The van der Waals surface area contributed by atoms with E-state index in [9.17, 15) is 18.0 Å². The van der Waals surface area contributed by atoms with Crippen molar-refractivity contribution >= 4 is 21.8 Å². The zero-order chi connectivity index (χ0) is 20.5. The molecule has 0 unspecified atom stereocenters. The van der Waals surface area contributed by atoms with Crippen LogP contribution in [0.15, 0.2) is 59.5 Å². The van der Waals surface area contributed by atoms with Crippen molar-refractivity contribution in [1.29, 1.82) is 0 Å². The van der Waals surface area contributed by atoms with Crippen LogP contribution >= 0.6 is 0 Å². The fourth-order valence-corrected chi connectivity index (χ4v) is 4.10. The van der Waals surface area contributed by atoms with Crippen molar-refractivity contribution in [2.24, 2.45) is 10.6 Å². The highest BCUT2D eigenvalue weighted by Gasteiger charge is 2.51. The van der Waals surface area contributed by atoms with Crippen molar-refractivity contribution < 1.29 is 18.0 Å². The molecule has 2 amide bonds. The van der Waals surface area contributed by atoms with E-state index in [0.717, 1.165) is 5.56 Å². The molecule has 0 atom stereocenters. The number of benzene rings is 2. The molecule has 148 valence electrons. The molecule has 8 heteroatoms. The number of carbonyl (C=O) groups is 2. The van der Waals surface area contributed by atoms with E-state index in [1.807, 2.05) is 30.3 Å². The van der Waals surface area contributed by atoms with Crippen LogP contribution in [0.4, 0.5) is 0 Å². The lowest BCUT2D eigenvalue weighted by Gasteiger charge is -2.50. The Labute approximate surface area is 164 Å². The van der Waals surface area contributed by atoms with E-state index >= 15 is 0 Å². The third-order valence-electron chi connectivity index (χ3n) is 4.95.